The van der Waals surface area contributed by atoms with Crippen molar-refractivity contribution in [2.75, 3.05) is 0 Å². The fourth-order valence-electron chi connectivity index (χ4n) is 5.00. The van der Waals surface area contributed by atoms with Crippen LogP contribution in [0.15, 0.2) is 0 Å². The zero-order valence-corrected chi connectivity index (χ0v) is 9.66. The van der Waals surface area contributed by atoms with E-state index in [1.54, 1.807) is 6.92 Å². The van der Waals surface area contributed by atoms with Crippen molar-refractivity contribution in [1.82, 2.24) is 0 Å². The average Bonchev–Trinajstić information content (AvgIpc) is 2.82. The van der Waals surface area contributed by atoms with E-state index in [4.69, 9.17) is 18.9 Å². The lowest BCUT2D eigenvalue weighted by Gasteiger charge is -2.43. The van der Waals surface area contributed by atoms with Crippen molar-refractivity contribution in [3.05, 3.63) is 0 Å². The standard InChI is InChI=1S/C12H14O5/c1-3(13)4-5-6-7-8(4)12(2)16-10(5)14-9(6)15-11(7)17-12/h4-11H,1-2H3/t4-,5?,6?,7?,8?,9-,10+,11+,12-/m1/s1. The minimum Gasteiger partial charge on any atom is -0.323 e. The van der Waals surface area contributed by atoms with Crippen LogP contribution in [0.4, 0.5) is 0 Å². The number of rotatable bonds is 1. The predicted octanol–water partition coefficient (Wildman–Crippen LogP) is 0.485. The number of hydrogen-bond donors (Lipinski definition) is 0. The Morgan fingerprint density at radius 2 is 1.65 bits per heavy atom. The van der Waals surface area contributed by atoms with Gasteiger partial charge in [0.1, 0.15) is 5.78 Å². The molecule has 5 rings (SSSR count). The molecule has 1 aliphatic carbocycles. The number of carbonyl (C=O) groups excluding carboxylic acids is 1. The summed E-state index contributed by atoms with van der Waals surface area (Å²) in [7, 11) is 0. The normalized spacial score (nSPS) is 69.3. The Hall–Kier alpha value is -0.490. The number of ether oxygens (including phenoxy) is 4. The van der Waals surface area contributed by atoms with E-state index < -0.39 is 5.79 Å². The molecule has 92 valence electrons. The van der Waals surface area contributed by atoms with Crippen LogP contribution in [0.5, 0.6) is 0 Å². The van der Waals surface area contributed by atoms with Crippen LogP contribution in [0.3, 0.4) is 0 Å². The minimum atomic E-state index is -0.701. The van der Waals surface area contributed by atoms with Gasteiger partial charge in [0.25, 0.3) is 0 Å². The van der Waals surface area contributed by atoms with Gasteiger partial charge in [0, 0.05) is 29.6 Å². The van der Waals surface area contributed by atoms with Crippen LogP contribution < -0.4 is 0 Å². The molecule has 0 N–H and O–H groups in total. The van der Waals surface area contributed by atoms with E-state index in [1.807, 2.05) is 6.92 Å². The van der Waals surface area contributed by atoms with Gasteiger partial charge in [-0.1, -0.05) is 0 Å². The summed E-state index contributed by atoms with van der Waals surface area (Å²) in [4.78, 5) is 12.0. The van der Waals surface area contributed by atoms with Gasteiger partial charge in [-0.3, -0.25) is 4.79 Å². The van der Waals surface area contributed by atoms with Gasteiger partial charge in [0.05, 0.1) is 0 Å². The Balaban J connectivity index is 1.75. The van der Waals surface area contributed by atoms with Crippen molar-refractivity contribution in [1.29, 1.82) is 0 Å². The van der Waals surface area contributed by atoms with Crippen molar-refractivity contribution in [2.45, 2.75) is 38.5 Å². The maximum atomic E-state index is 12.0. The van der Waals surface area contributed by atoms with Crippen molar-refractivity contribution in [3.8, 4) is 0 Å². The summed E-state index contributed by atoms with van der Waals surface area (Å²) in [6.07, 6.45) is -0.795. The third-order valence-electron chi connectivity index (χ3n) is 5.36. The highest BCUT2D eigenvalue weighted by molar-refractivity contribution is 5.80. The molecule has 2 bridgehead atoms. The van der Waals surface area contributed by atoms with Gasteiger partial charge in [0.15, 0.2) is 24.7 Å². The Morgan fingerprint density at radius 3 is 2.29 bits per heavy atom. The zero-order valence-electron chi connectivity index (χ0n) is 9.66. The molecular formula is C12H14O5. The average molecular weight is 238 g/mol. The van der Waals surface area contributed by atoms with Crippen molar-refractivity contribution < 1.29 is 23.7 Å². The number of ketones is 1. The largest absolute Gasteiger partial charge is 0.323 e. The lowest BCUT2D eigenvalue weighted by molar-refractivity contribution is -0.394. The Kier molecular flexibility index (Phi) is 1.36. The molecule has 4 heterocycles. The first kappa shape index (κ1) is 9.44. The lowest BCUT2D eigenvalue weighted by Crippen LogP contribution is -2.52. The van der Waals surface area contributed by atoms with Gasteiger partial charge >= 0.3 is 0 Å². The van der Waals surface area contributed by atoms with E-state index in [-0.39, 0.29) is 54.2 Å². The van der Waals surface area contributed by atoms with Crippen LogP contribution in [0.2, 0.25) is 0 Å². The fourth-order valence-corrected chi connectivity index (χ4v) is 5.00. The molecule has 1 saturated carbocycles. The molecule has 17 heavy (non-hydrogen) atoms. The topological polar surface area (TPSA) is 54.0 Å². The van der Waals surface area contributed by atoms with Crippen LogP contribution in [0, 0.1) is 29.6 Å². The first-order valence-electron chi connectivity index (χ1n) is 6.27. The first-order valence-corrected chi connectivity index (χ1v) is 6.27. The molecule has 0 aromatic rings. The molecular weight excluding hydrogens is 224 g/mol. The summed E-state index contributed by atoms with van der Waals surface area (Å²) < 4.78 is 23.4. The molecule has 4 saturated heterocycles. The van der Waals surface area contributed by atoms with Crippen molar-refractivity contribution in [3.63, 3.8) is 0 Å². The van der Waals surface area contributed by atoms with E-state index >= 15 is 0 Å². The second-order valence-corrected chi connectivity index (χ2v) is 6.02. The van der Waals surface area contributed by atoms with Gasteiger partial charge in [-0.15, -0.1) is 0 Å². The van der Waals surface area contributed by atoms with Crippen LogP contribution >= 0.6 is 0 Å². The molecule has 9 atom stereocenters. The summed E-state index contributed by atoms with van der Waals surface area (Å²) in [5.41, 5.74) is 0. The molecule has 5 heteroatoms. The second-order valence-electron chi connectivity index (χ2n) is 6.02. The number of carbonyl (C=O) groups is 1. The van der Waals surface area contributed by atoms with Crippen LogP contribution in [-0.4, -0.2) is 30.4 Å². The summed E-state index contributed by atoms with van der Waals surface area (Å²) >= 11 is 0. The molecule has 5 aliphatic rings. The van der Waals surface area contributed by atoms with E-state index in [0.29, 0.717) is 0 Å². The maximum Gasteiger partial charge on any atom is 0.175 e. The molecule has 0 radical (unpaired) electrons. The molecule has 5 nitrogen and oxygen atoms in total. The van der Waals surface area contributed by atoms with Crippen molar-refractivity contribution >= 4 is 5.78 Å². The van der Waals surface area contributed by atoms with E-state index in [0.717, 1.165) is 0 Å². The maximum absolute atomic E-state index is 12.0. The predicted molar refractivity (Wildman–Crippen MR) is 52.2 cm³/mol. The molecule has 4 unspecified atom stereocenters. The Labute approximate surface area is 98.3 Å². The van der Waals surface area contributed by atoms with Gasteiger partial charge in [-0.05, 0) is 13.8 Å². The van der Waals surface area contributed by atoms with Gasteiger partial charge in [-0.2, -0.15) is 0 Å². The van der Waals surface area contributed by atoms with Crippen LogP contribution in [0.1, 0.15) is 13.8 Å². The molecule has 4 aliphatic heterocycles. The highest BCUT2D eigenvalue weighted by Crippen LogP contribution is 2.70. The highest BCUT2D eigenvalue weighted by Gasteiger charge is 2.80. The third-order valence-corrected chi connectivity index (χ3v) is 5.36. The van der Waals surface area contributed by atoms with Crippen LogP contribution in [-0.2, 0) is 23.7 Å². The first-order chi connectivity index (χ1) is 8.10. The highest BCUT2D eigenvalue weighted by atomic mass is 16.9. The van der Waals surface area contributed by atoms with Crippen LogP contribution in [0.25, 0.3) is 0 Å². The second kappa shape index (κ2) is 2.45. The molecule has 0 aromatic heterocycles. The van der Waals surface area contributed by atoms with E-state index in [1.165, 1.54) is 0 Å². The minimum absolute atomic E-state index is 0.0210. The quantitative estimate of drug-likeness (QED) is 0.665. The van der Waals surface area contributed by atoms with Gasteiger partial charge in [-0.25, -0.2) is 0 Å². The van der Waals surface area contributed by atoms with Crippen molar-refractivity contribution in [2.24, 2.45) is 29.6 Å². The monoisotopic (exact) mass is 238 g/mol. The van der Waals surface area contributed by atoms with Gasteiger partial charge in [0.2, 0.25) is 0 Å². The lowest BCUT2D eigenvalue weighted by atomic mass is 9.78. The number of hydrogen-bond acceptors (Lipinski definition) is 5. The summed E-state index contributed by atoms with van der Waals surface area (Å²) in [5, 5.41) is 0. The third kappa shape index (κ3) is 0.799. The smallest absolute Gasteiger partial charge is 0.175 e. The fraction of sp³-hybridized carbons (Fsp3) is 0.917. The summed E-state index contributed by atoms with van der Waals surface area (Å²) in [6.45, 7) is 3.60. The van der Waals surface area contributed by atoms with E-state index in [9.17, 15) is 4.79 Å². The summed E-state index contributed by atoms with van der Waals surface area (Å²) in [6, 6.07) is 0. The Bertz CT molecular complexity index is 437. The SMILES string of the molecule is CC(=O)[C@@H]1C2C3C4C1[C@@]1(C)O[C@@H]4O[C@H]3O[C@H]2O1. The summed E-state index contributed by atoms with van der Waals surface area (Å²) in [5.74, 6) is 0.437. The number of Topliss-reactive ketones (excluding diaryl/α,β-unsaturated/α-hetero) is 1. The molecule has 0 amide bonds. The Morgan fingerprint density at radius 1 is 1.00 bits per heavy atom. The van der Waals surface area contributed by atoms with Gasteiger partial charge < -0.3 is 18.9 Å². The molecule has 0 spiro atoms. The zero-order chi connectivity index (χ0) is 11.5. The molecule has 0 aromatic carbocycles. The molecule has 5 fully saturated rings. The van der Waals surface area contributed by atoms with E-state index in [2.05, 4.69) is 0 Å².